The molecule has 1 fully saturated rings. The van der Waals surface area contributed by atoms with Gasteiger partial charge in [0.15, 0.2) is 0 Å². The lowest BCUT2D eigenvalue weighted by molar-refractivity contribution is -0.159. The predicted molar refractivity (Wildman–Crippen MR) is 108 cm³/mol. The zero-order valence-electron chi connectivity index (χ0n) is 15.9. The zero-order valence-corrected chi connectivity index (χ0v) is 16.7. The molecular formula is C21H21ClFN3O3. The third-order valence-electron chi connectivity index (χ3n) is 4.79. The van der Waals surface area contributed by atoms with E-state index >= 15 is 0 Å². The Morgan fingerprint density at radius 2 is 1.86 bits per heavy atom. The van der Waals surface area contributed by atoms with Gasteiger partial charge in [0.25, 0.3) is 0 Å². The van der Waals surface area contributed by atoms with E-state index in [4.69, 9.17) is 11.6 Å². The van der Waals surface area contributed by atoms with Crippen molar-refractivity contribution in [3.8, 4) is 0 Å². The number of hydrogen-bond acceptors (Lipinski definition) is 3. The summed E-state index contributed by atoms with van der Waals surface area (Å²) in [6, 6.07) is 11.7. The lowest BCUT2D eigenvalue weighted by Crippen LogP contribution is -2.59. The molecule has 3 amide bonds. The molecule has 0 spiro atoms. The van der Waals surface area contributed by atoms with Crippen molar-refractivity contribution in [2.75, 3.05) is 18.4 Å². The summed E-state index contributed by atoms with van der Waals surface area (Å²) in [5.41, 5.74) is 1.25. The van der Waals surface area contributed by atoms with Crippen molar-refractivity contribution in [2.24, 2.45) is 0 Å². The Kier molecular flexibility index (Phi) is 6.49. The van der Waals surface area contributed by atoms with Gasteiger partial charge in [-0.05, 0) is 42.3 Å². The maximum Gasteiger partial charge on any atom is 0.312 e. The summed E-state index contributed by atoms with van der Waals surface area (Å²) < 4.78 is 13.1. The second-order valence-corrected chi connectivity index (χ2v) is 7.21. The molecule has 0 bridgehead atoms. The fourth-order valence-corrected chi connectivity index (χ4v) is 3.48. The average Bonchev–Trinajstić information content (AvgIpc) is 2.69. The van der Waals surface area contributed by atoms with Crippen molar-refractivity contribution in [2.45, 2.75) is 25.9 Å². The molecule has 3 rings (SSSR count). The normalized spacial score (nSPS) is 15.4. The minimum absolute atomic E-state index is 0.212. The van der Waals surface area contributed by atoms with E-state index in [-0.39, 0.29) is 24.8 Å². The summed E-state index contributed by atoms with van der Waals surface area (Å²) in [5, 5.41) is 3.23. The van der Waals surface area contributed by atoms with Gasteiger partial charge in [0, 0.05) is 30.3 Å². The highest BCUT2D eigenvalue weighted by Crippen LogP contribution is 2.19. The third-order valence-corrected chi connectivity index (χ3v) is 5.02. The summed E-state index contributed by atoms with van der Waals surface area (Å²) in [7, 11) is 0. The Labute approximate surface area is 173 Å². The average molecular weight is 418 g/mol. The summed E-state index contributed by atoms with van der Waals surface area (Å²) in [4.78, 5) is 40.7. The first kappa shape index (κ1) is 20.8. The second-order valence-electron chi connectivity index (χ2n) is 6.78. The molecule has 0 unspecified atom stereocenters. The van der Waals surface area contributed by atoms with Crippen LogP contribution in [-0.4, -0.2) is 46.7 Å². The SMILES string of the molecule is CC[C@H](C(=O)Nc1cccc(Cl)c1)N1CCN(Cc2ccc(F)cc2)C(=O)C1=O. The van der Waals surface area contributed by atoms with Crippen LogP contribution in [-0.2, 0) is 20.9 Å². The van der Waals surface area contributed by atoms with Crippen LogP contribution >= 0.6 is 11.6 Å². The first-order valence-corrected chi connectivity index (χ1v) is 9.67. The van der Waals surface area contributed by atoms with Crippen LogP contribution in [0, 0.1) is 5.82 Å². The van der Waals surface area contributed by atoms with Crippen LogP contribution in [0.25, 0.3) is 0 Å². The molecule has 6 nitrogen and oxygen atoms in total. The molecule has 0 saturated carbocycles. The molecule has 8 heteroatoms. The number of hydrogen-bond donors (Lipinski definition) is 1. The molecule has 1 atom stereocenters. The first-order chi connectivity index (χ1) is 13.9. The number of anilines is 1. The molecule has 1 heterocycles. The molecule has 1 aliphatic rings. The van der Waals surface area contributed by atoms with Crippen molar-refractivity contribution in [1.29, 1.82) is 0 Å². The van der Waals surface area contributed by atoms with Gasteiger partial charge in [-0.1, -0.05) is 36.7 Å². The van der Waals surface area contributed by atoms with E-state index in [0.717, 1.165) is 5.56 Å². The molecule has 0 radical (unpaired) electrons. The lowest BCUT2D eigenvalue weighted by atomic mass is 10.1. The minimum atomic E-state index is -0.765. The molecule has 2 aromatic carbocycles. The summed E-state index contributed by atoms with van der Waals surface area (Å²) >= 11 is 5.94. The molecule has 1 saturated heterocycles. The summed E-state index contributed by atoms with van der Waals surface area (Å²) in [6.45, 7) is 2.53. The largest absolute Gasteiger partial charge is 0.328 e. The first-order valence-electron chi connectivity index (χ1n) is 9.29. The van der Waals surface area contributed by atoms with E-state index in [0.29, 0.717) is 23.7 Å². The number of piperazine rings is 1. The number of halogens is 2. The fraction of sp³-hybridized carbons (Fsp3) is 0.286. The monoisotopic (exact) mass is 417 g/mol. The number of carbonyl (C=O) groups excluding carboxylic acids is 3. The summed E-state index contributed by atoms with van der Waals surface area (Å²) in [5.74, 6) is -2.12. The Morgan fingerprint density at radius 3 is 2.52 bits per heavy atom. The van der Waals surface area contributed by atoms with Gasteiger partial charge in [0.05, 0.1) is 0 Å². The number of nitrogens with zero attached hydrogens (tertiary/aromatic N) is 2. The Balaban J connectivity index is 1.67. The standard InChI is InChI=1S/C21H21ClFN3O3/c1-2-18(19(27)24-17-5-3-4-15(22)12-17)26-11-10-25(20(28)21(26)29)13-14-6-8-16(23)9-7-14/h3-9,12,18H,2,10-11,13H2,1H3,(H,24,27)/t18-/m1/s1. The van der Waals surface area contributed by atoms with Crippen LogP contribution in [0.2, 0.25) is 5.02 Å². The number of carbonyl (C=O) groups is 3. The number of amides is 3. The fourth-order valence-electron chi connectivity index (χ4n) is 3.29. The van der Waals surface area contributed by atoms with Crippen LogP contribution < -0.4 is 5.32 Å². The van der Waals surface area contributed by atoms with Crippen molar-refractivity contribution in [1.82, 2.24) is 9.80 Å². The Bertz CT molecular complexity index is 920. The van der Waals surface area contributed by atoms with Gasteiger partial charge >= 0.3 is 11.8 Å². The van der Waals surface area contributed by atoms with Gasteiger partial charge in [0.1, 0.15) is 11.9 Å². The van der Waals surface area contributed by atoms with Crippen LogP contribution in [0.3, 0.4) is 0 Å². The van der Waals surface area contributed by atoms with E-state index in [1.165, 1.54) is 21.9 Å². The van der Waals surface area contributed by atoms with Gasteiger partial charge in [0.2, 0.25) is 5.91 Å². The van der Waals surface area contributed by atoms with E-state index in [1.54, 1.807) is 43.3 Å². The predicted octanol–water partition coefficient (Wildman–Crippen LogP) is 3.07. The quantitative estimate of drug-likeness (QED) is 0.734. The van der Waals surface area contributed by atoms with Crippen LogP contribution in [0.1, 0.15) is 18.9 Å². The van der Waals surface area contributed by atoms with Gasteiger partial charge in [-0.25, -0.2) is 4.39 Å². The van der Waals surface area contributed by atoms with Crippen molar-refractivity contribution in [3.05, 3.63) is 64.9 Å². The van der Waals surface area contributed by atoms with E-state index < -0.39 is 17.9 Å². The molecular weight excluding hydrogens is 397 g/mol. The maximum absolute atomic E-state index is 13.1. The lowest BCUT2D eigenvalue weighted by Gasteiger charge is -2.37. The smallest absolute Gasteiger partial charge is 0.312 e. The van der Waals surface area contributed by atoms with Crippen LogP contribution in [0.4, 0.5) is 10.1 Å². The highest BCUT2D eigenvalue weighted by Gasteiger charge is 2.38. The number of nitrogens with one attached hydrogen (secondary N) is 1. The minimum Gasteiger partial charge on any atom is -0.328 e. The van der Waals surface area contributed by atoms with E-state index in [9.17, 15) is 18.8 Å². The van der Waals surface area contributed by atoms with Crippen LogP contribution in [0.5, 0.6) is 0 Å². The highest BCUT2D eigenvalue weighted by atomic mass is 35.5. The third kappa shape index (κ3) is 4.92. The molecule has 0 aromatic heterocycles. The molecule has 0 aliphatic carbocycles. The maximum atomic E-state index is 13.1. The van der Waals surface area contributed by atoms with Gasteiger partial charge in [-0.3, -0.25) is 14.4 Å². The number of rotatable bonds is 6. The highest BCUT2D eigenvalue weighted by molar-refractivity contribution is 6.36. The zero-order chi connectivity index (χ0) is 21.0. The molecule has 1 aliphatic heterocycles. The molecule has 29 heavy (non-hydrogen) atoms. The topological polar surface area (TPSA) is 69.7 Å². The molecule has 1 N–H and O–H groups in total. The Hall–Kier alpha value is -2.93. The van der Waals surface area contributed by atoms with Gasteiger partial charge < -0.3 is 15.1 Å². The molecule has 152 valence electrons. The van der Waals surface area contributed by atoms with Crippen LogP contribution in [0.15, 0.2) is 48.5 Å². The number of benzene rings is 2. The summed E-state index contributed by atoms with van der Waals surface area (Å²) in [6.07, 6.45) is 0.364. The van der Waals surface area contributed by atoms with Crippen molar-refractivity contribution in [3.63, 3.8) is 0 Å². The Morgan fingerprint density at radius 1 is 1.14 bits per heavy atom. The van der Waals surface area contributed by atoms with Crippen molar-refractivity contribution < 1.29 is 18.8 Å². The van der Waals surface area contributed by atoms with E-state index in [1.807, 2.05) is 0 Å². The van der Waals surface area contributed by atoms with Crippen molar-refractivity contribution >= 4 is 35.0 Å². The van der Waals surface area contributed by atoms with Gasteiger partial charge in [-0.15, -0.1) is 0 Å². The van der Waals surface area contributed by atoms with E-state index in [2.05, 4.69) is 5.32 Å². The second kappa shape index (κ2) is 9.05. The molecule has 2 aromatic rings. The van der Waals surface area contributed by atoms with Gasteiger partial charge in [-0.2, -0.15) is 0 Å².